The number of fused-ring (bicyclic) bond motifs is 1. The smallest absolute Gasteiger partial charge is 0.258 e. The summed E-state index contributed by atoms with van der Waals surface area (Å²) >= 11 is 0. The molecular weight excluding hydrogens is 234 g/mol. The van der Waals surface area contributed by atoms with Gasteiger partial charge in [0.05, 0.1) is 12.2 Å². The second-order valence-corrected chi connectivity index (χ2v) is 5.29. The van der Waals surface area contributed by atoms with Crippen molar-refractivity contribution in [3.8, 4) is 0 Å². The number of anilines is 1. The van der Waals surface area contributed by atoms with E-state index in [9.17, 15) is 4.79 Å². The van der Waals surface area contributed by atoms with Gasteiger partial charge in [-0.05, 0) is 43.5 Å². The lowest BCUT2D eigenvalue weighted by Gasteiger charge is -2.20. The van der Waals surface area contributed by atoms with Crippen molar-refractivity contribution in [1.29, 1.82) is 0 Å². The van der Waals surface area contributed by atoms with Crippen LogP contribution in [0, 0.1) is 20.8 Å². The molecule has 1 aliphatic heterocycles. The molecule has 0 unspecified atom stereocenters. The van der Waals surface area contributed by atoms with Crippen LogP contribution in [0.3, 0.4) is 0 Å². The molecule has 19 heavy (non-hydrogen) atoms. The molecule has 1 amide bonds. The van der Waals surface area contributed by atoms with Crippen molar-refractivity contribution in [2.75, 3.05) is 4.90 Å². The van der Waals surface area contributed by atoms with Crippen LogP contribution in [0.25, 0.3) is 0 Å². The molecule has 2 aromatic rings. The summed E-state index contributed by atoms with van der Waals surface area (Å²) in [5, 5.41) is 0. The predicted octanol–water partition coefficient (Wildman–Crippen LogP) is 3.77. The van der Waals surface area contributed by atoms with Gasteiger partial charge in [0.25, 0.3) is 5.91 Å². The van der Waals surface area contributed by atoms with Gasteiger partial charge in [-0.15, -0.1) is 0 Å². The third-order valence-corrected chi connectivity index (χ3v) is 3.78. The zero-order valence-corrected chi connectivity index (χ0v) is 11.5. The Hall–Kier alpha value is -2.09. The summed E-state index contributed by atoms with van der Waals surface area (Å²) in [4.78, 5) is 14.5. The molecule has 0 aromatic heterocycles. The second kappa shape index (κ2) is 4.23. The number of para-hydroxylation sites is 1. The third-order valence-electron chi connectivity index (χ3n) is 3.78. The van der Waals surface area contributed by atoms with Crippen LogP contribution in [-0.4, -0.2) is 5.91 Å². The summed E-state index contributed by atoms with van der Waals surface area (Å²) in [5.74, 6) is 0.121. The fourth-order valence-corrected chi connectivity index (χ4v) is 2.83. The van der Waals surface area contributed by atoms with Crippen molar-refractivity contribution in [2.45, 2.75) is 27.3 Å². The average molecular weight is 251 g/mol. The number of carbonyl (C=O) groups is 1. The number of nitrogens with zero attached hydrogens (tertiary/aromatic N) is 1. The van der Waals surface area contributed by atoms with E-state index in [1.807, 2.05) is 24.0 Å². The first kappa shape index (κ1) is 12.0. The molecule has 0 aliphatic carbocycles. The third kappa shape index (κ3) is 1.84. The summed E-state index contributed by atoms with van der Waals surface area (Å²) in [6.07, 6.45) is 0. The van der Waals surface area contributed by atoms with E-state index in [2.05, 4.69) is 38.1 Å². The zero-order valence-electron chi connectivity index (χ0n) is 11.5. The van der Waals surface area contributed by atoms with Crippen LogP contribution in [0.15, 0.2) is 36.4 Å². The summed E-state index contributed by atoms with van der Waals surface area (Å²) in [5.41, 5.74) is 6.47. The first-order valence-electron chi connectivity index (χ1n) is 6.55. The number of benzene rings is 2. The van der Waals surface area contributed by atoms with Gasteiger partial charge in [0.2, 0.25) is 0 Å². The number of rotatable bonds is 1. The van der Waals surface area contributed by atoms with Crippen molar-refractivity contribution in [2.24, 2.45) is 0 Å². The molecule has 2 nitrogen and oxygen atoms in total. The maximum Gasteiger partial charge on any atom is 0.258 e. The summed E-state index contributed by atoms with van der Waals surface area (Å²) in [6.45, 7) is 6.82. The lowest BCUT2D eigenvalue weighted by atomic mass is 10.1. The largest absolute Gasteiger partial charge is 0.303 e. The van der Waals surface area contributed by atoms with E-state index in [0.717, 1.165) is 33.5 Å². The Morgan fingerprint density at radius 2 is 1.68 bits per heavy atom. The normalized spacial score (nSPS) is 13.8. The highest BCUT2D eigenvalue weighted by atomic mass is 16.2. The first-order valence-corrected chi connectivity index (χ1v) is 6.55. The molecule has 1 heterocycles. The zero-order chi connectivity index (χ0) is 13.6. The van der Waals surface area contributed by atoms with Crippen molar-refractivity contribution in [3.05, 3.63) is 64.2 Å². The molecule has 0 saturated carbocycles. The molecule has 0 radical (unpaired) electrons. The Bertz CT molecular complexity index is 653. The molecule has 0 spiro atoms. The highest BCUT2D eigenvalue weighted by molar-refractivity contribution is 6.10. The van der Waals surface area contributed by atoms with Gasteiger partial charge < -0.3 is 4.90 Å². The van der Waals surface area contributed by atoms with E-state index < -0.39 is 0 Å². The highest BCUT2D eigenvalue weighted by Gasteiger charge is 2.29. The molecule has 1 aliphatic rings. The summed E-state index contributed by atoms with van der Waals surface area (Å²) < 4.78 is 0. The number of amides is 1. The van der Waals surface area contributed by atoms with Gasteiger partial charge in [-0.1, -0.05) is 35.9 Å². The standard InChI is InChI=1S/C17H17NO/c1-11-7-8-14-10-18(17(19)15(14)9-11)16-12(2)5-4-6-13(16)3/h4-9H,10H2,1-3H3. The molecule has 3 rings (SSSR count). The average Bonchev–Trinajstić information content (AvgIpc) is 2.67. The lowest BCUT2D eigenvalue weighted by molar-refractivity contribution is 0.0996. The summed E-state index contributed by atoms with van der Waals surface area (Å²) in [7, 11) is 0. The Morgan fingerprint density at radius 3 is 2.37 bits per heavy atom. The Labute approximate surface area is 113 Å². The molecule has 0 N–H and O–H groups in total. The van der Waals surface area contributed by atoms with E-state index in [1.165, 1.54) is 0 Å². The quantitative estimate of drug-likeness (QED) is 0.755. The van der Waals surface area contributed by atoms with Crippen molar-refractivity contribution >= 4 is 11.6 Å². The van der Waals surface area contributed by atoms with E-state index >= 15 is 0 Å². The van der Waals surface area contributed by atoms with Crippen LogP contribution >= 0.6 is 0 Å². The maximum atomic E-state index is 12.6. The Balaban J connectivity index is 2.09. The fraction of sp³-hybridized carbons (Fsp3) is 0.235. The molecular formula is C17H17NO. The van der Waals surface area contributed by atoms with Crippen LogP contribution in [-0.2, 0) is 6.54 Å². The molecule has 96 valence electrons. The minimum Gasteiger partial charge on any atom is -0.303 e. The van der Waals surface area contributed by atoms with Crippen LogP contribution in [0.1, 0.15) is 32.6 Å². The van der Waals surface area contributed by atoms with Crippen molar-refractivity contribution in [1.82, 2.24) is 0 Å². The van der Waals surface area contributed by atoms with Gasteiger partial charge in [0, 0.05) is 5.56 Å². The topological polar surface area (TPSA) is 20.3 Å². The van der Waals surface area contributed by atoms with E-state index in [-0.39, 0.29) is 5.91 Å². The molecule has 2 heteroatoms. The van der Waals surface area contributed by atoms with Gasteiger partial charge in [0.15, 0.2) is 0 Å². The number of aryl methyl sites for hydroxylation is 3. The van der Waals surface area contributed by atoms with Gasteiger partial charge in [-0.25, -0.2) is 0 Å². The van der Waals surface area contributed by atoms with E-state index in [0.29, 0.717) is 6.54 Å². The number of hydrogen-bond acceptors (Lipinski definition) is 1. The maximum absolute atomic E-state index is 12.6. The lowest BCUT2D eigenvalue weighted by Crippen LogP contribution is -2.24. The van der Waals surface area contributed by atoms with Crippen molar-refractivity contribution in [3.63, 3.8) is 0 Å². The van der Waals surface area contributed by atoms with Gasteiger partial charge in [-0.3, -0.25) is 4.79 Å². The van der Waals surface area contributed by atoms with Crippen molar-refractivity contribution < 1.29 is 4.79 Å². The van der Waals surface area contributed by atoms with Crippen LogP contribution in [0.4, 0.5) is 5.69 Å². The Morgan fingerprint density at radius 1 is 1.00 bits per heavy atom. The van der Waals surface area contributed by atoms with Crippen LogP contribution in [0.2, 0.25) is 0 Å². The number of carbonyl (C=O) groups excluding carboxylic acids is 1. The molecule has 0 saturated heterocycles. The van der Waals surface area contributed by atoms with Crippen LogP contribution < -0.4 is 4.90 Å². The molecule has 0 bridgehead atoms. The van der Waals surface area contributed by atoms with Crippen LogP contribution in [0.5, 0.6) is 0 Å². The fourth-order valence-electron chi connectivity index (χ4n) is 2.83. The van der Waals surface area contributed by atoms with Gasteiger partial charge in [0.1, 0.15) is 0 Å². The number of hydrogen-bond donors (Lipinski definition) is 0. The van der Waals surface area contributed by atoms with E-state index in [4.69, 9.17) is 0 Å². The SMILES string of the molecule is Cc1ccc2c(c1)C(=O)N(c1c(C)cccc1C)C2. The van der Waals surface area contributed by atoms with Gasteiger partial charge in [-0.2, -0.15) is 0 Å². The molecule has 2 aromatic carbocycles. The minimum absolute atomic E-state index is 0.121. The second-order valence-electron chi connectivity index (χ2n) is 5.29. The monoisotopic (exact) mass is 251 g/mol. The highest BCUT2D eigenvalue weighted by Crippen LogP contribution is 2.33. The Kier molecular flexibility index (Phi) is 2.67. The van der Waals surface area contributed by atoms with E-state index in [1.54, 1.807) is 0 Å². The molecule has 0 fully saturated rings. The summed E-state index contributed by atoms with van der Waals surface area (Å²) in [6, 6.07) is 12.3. The minimum atomic E-state index is 0.121. The molecule has 0 atom stereocenters. The predicted molar refractivity (Wildman–Crippen MR) is 77.6 cm³/mol. The first-order chi connectivity index (χ1) is 9.08. The van der Waals surface area contributed by atoms with Gasteiger partial charge >= 0.3 is 0 Å².